The molecule has 0 aliphatic carbocycles. The van der Waals surface area contributed by atoms with Crippen molar-refractivity contribution in [2.45, 2.75) is 17.9 Å². The summed E-state index contributed by atoms with van der Waals surface area (Å²) in [6, 6.07) is 10.0. The van der Waals surface area contributed by atoms with Crippen LogP contribution in [0, 0.1) is 5.82 Å². The molecule has 114 valence electrons. The number of fused-ring (bicyclic) bond motifs is 1. The van der Waals surface area contributed by atoms with Crippen LogP contribution in [0.25, 0.3) is 11.0 Å². The van der Waals surface area contributed by atoms with Gasteiger partial charge in [-0.3, -0.25) is 0 Å². The third kappa shape index (κ3) is 2.85. The minimum atomic E-state index is -3.75. The van der Waals surface area contributed by atoms with Crippen LogP contribution in [0.3, 0.4) is 0 Å². The molecule has 5 nitrogen and oxygen atoms in total. The van der Waals surface area contributed by atoms with Crippen LogP contribution < -0.4 is 4.72 Å². The van der Waals surface area contributed by atoms with E-state index in [1.165, 1.54) is 18.2 Å². The smallest absolute Gasteiger partial charge is 0.207 e. The highest BCUT2D eigenvalue weighted by molar-refractivity contribution is 7.89. The molecule has 0 radical (unpaired) electrons. The summed E-state index contributed by atoms with van der Waals surface area (Å²) in [4.78, 5) is 0.0905. The van der Waals surface area contributed by atoms with Crippen LogP contribution in [0.15, 0.2) is 47.4 Å². The first kappa shape index (κ1) is 15.0. The second kappa shape index (κ2) is 5.71. The van der Waals surface area contributed by atoms with E-state index in [0.29, 0.717) is 16.6 Å². The Hall–Kier alpha value is -1.90. The second-order valence-electron chi connectivity index (χ2n) is 4.78. The van der Waals surface area contributed by atoms with Gasteiger partial charge in [0.15, 0.2) is 0 Å². The van der Waals surface area contributed by atoms with E-state index in [-0.39, 0.29) is 10.7 Å². The summed E-state index contributed by atoms with van der Waals surface area (Å²) in [6.45, 7) is 1.70. The Balaban J connectivity index is 1.93. The number of hydrogen-bond donors (Lipinski definition) is 1. The van der Waals surface area contributed by atoms with Crippen molar-refractivity contribution in [3.63, 3.8) is 0 Å². The van der Waals surface area contributed by atoms with Crippen LogP contribution in [-0.2, 0) is 10.0 Å². The van der Waals surface area contributed by atoms with Gasteiger partial charge in [0.1, 0.15) is 21.7 Å². The van der Waals surface area contributed by atoms with Crippen molar-refractivity contribution >= 4 is 32.8 Å². The zero-order valence-electron chi connectivity index (χ0n) is 11.5. The van der Waals surface area contributed by atoms with Gasteiger partial charge in [-0.2, -0.15) is 8.75 Å². The zero-order chi connectivity index (χ0) is 15.7. The van der Waals surface area contributed by atoms with Gasteiger partial charge in [-0.15, -0.1) is 0 Å². The van der Waals surface area contributed by atoms with E-state index in [1.54, 1.807) is 31.2 Å². The molecule has 3 rings (SSSR count). The molecule has 1 aromatic heterocycles. The molecule has 0 spiro atoms. The number of benzene rings is 2. The highest BCUT2D eigenvalue weighted by atomic mass is 32.2. The fraction of sp³-hybridized carbons (Fsp3) is 0.143. The summed E-state index contributed by atoms with van der Waals surface area (Å²) in [7, 11) is -3.75. The van der Waals surface area contributed by atoms with E-state index < -0.39 is 16.1 Å². The van der Waals surface area contributed by atoms with Crippen LogP contribution in [-0.4, -0.2) is 17.2 Å². The first-order valence-electron chi connectivity index (χ1n) is 6.46. The predicted octanol–water partition coefficient (Wildman–Crippen LogP) is 2.87. The van der Waals surface area contributed by atoms with Gasteiger partial charge >= 0.3 is 0 Å². The first-order chi connectivity index (χ1) is 10.5. The van der Waals surface area contributed by atoms with E-state index in [9.17, 15) is 12.8 Å². The molecule has 1 heterocycles. The summed E-state index contributed by atoms with van der Waals surface area (Å²) in [5.74, 6) is -0.364. The standard InChI is InChI=1S/C14H12FN3O2S2/c1-9(10-5-7-11(15)8-6-10)18-22(19,20)13-4-2-3-12-14(13)17-21-16-12/h2-9,18H,1H3. The maximum Gasteiger partial charge on any atom is 0.243 e. The lowest BCUT2D eigenvalue weighted by molar-refractivity contribution is 0.567. The Morgan fingerprint density at radius 1 is 1.14 bits per heavy atom. The number of rotatable bonds is 4. The van der Waals surface area contributed by atoms with E-state index in [2.05, 4.69) is 13.5 Å². The molecule has 0 fully saturated rings. The lowest BCUT2D eigenvalue weighted by atomic mass is 10.1. The fourth-order valence-electron chi connectivity index (χ4n) is 2.11. The van der Waals surface area contributed by atoms with Crippen molar-refractivity contribution in [1.29, 1.82) is 0 Å². The van der Waals surface area contributed by atoms with Crippen LogP contribution in [0.2, 0.25) is 0 Å². The number of aromatic nitrogens is 2. The van der Waals surface area contributed by atoms with Gasteiger partial charge in [-0.05, 0) is 36.8 Å². The number of halogens is 1. The van der Waals surface area contributed by atoms with Crippen molar-refractivity contribution in [2.24, 2.45) is 0 Å². The molecule has 0 aliphatic heterocycles. The number of nitrogens with zero attached hydrogens (tertiary/aromatic N) is 2. The van der Waals surface area contributed by atoms with E-state index >= 15 is 0 Å². The molecule has 0 amide bonds. The summed E-state index contributed by atoms with van der Waals surface area (Å²) in [5.41, 5.74) is 1.57. The number of nitrogens with one attached hydrogen (secondary N) is 1. The van der Waals surface area contributed by atoms with Crippen molar-refractivity contribution in [3.05, 3.63) is 53.8 Å². The van der Waals surface area contributed by atoms with Crippen LogP contribution in [0.1, 0.15) is 18.5 Å². The quantitative estimate of drug-likeness (QED) is 0.794. The largest absolute Gasteiger partial charge is 0.243 e. The van der Waals surface area contributed by atoms with Crippen molar-refractivity contribution in [3.8, 4) is 0 Å². The minimum Gasteiger partial charge on any atom is -0.207 e. The summed E-state index contributed by atoms with van der Waals surface area (Å²) in [6.07, 6.45) is 0. The lowest BCUT2D eigenvalue weighted by Gasteiger charge is -2.14. The van der Waals surface area contributed by atoms with Gasteiger partial charge < -0.3 is 0 Å². The van der Waals surface area contributed by atoms with Crippen LogP contribution in [0.4, 0.5) is 4.39 Å². The van der Waals surface area contributed by atoms with E-state index in [0.717, 1.165) is 11.7 Å². The maximum atomic E-state index is 12.9. The third-order valence-electron chi connectivity index (χ3n) is 3.24. The molecule has 1 atom stereocenters. The average molecular weight is 337 g/mol. The predicted molar refractivity (Wildman–Crippen MR) is 82.6 cm³/mol. The normalized spacial score (nSPS) is 13.4. The Bertz CT molecular complexity index is 907. The fourth-order valence-corrected chi connectivity index (χ4v) is 4.11. The summed E-state index contributed by atoms with van der Waals surface area (Å²) < 4.78 is 48.7. The molecule has 0 saturated carbocycles. The molecule has 1 unspecified atom stereocenters. The lowest BCUT2D eigenvalue weighted by Crippen LogP contribution is -2.27. The van der Waals surface area contributed by atoms with Crippen molar-refractivity contribution < 1.29 is 12.8 Å². The molecule has 22 heavy (non-hydrogen) atoms. The monoisotopic (exact) mass is 337 g/mol. The zero-order valence-corrected chi connectivity index (χ0v) is 13.2. The molecule has 3 aromatic rings. The van der Waals surface area contributed by atoms with E-state index in [1.807, 2.05) is 0 Å². The van der Waals surface area contributed by atoms with Crippen molar-refractivity contribution in [2.75, 3.05) is 0 Å². The third-order valence-corrected chi connectivity index (χ3v) is 5.36. The van der Waals surface area contributed by atoms with Crippen LogP contribution in [0.5, 0.6) is 0 Å². The van der Waals surface area contributed by atoms with Gasteiger partial charge in [-0.1, -0.05) is 18.2 Å². The highest BCUT2D eigenvalue weighted by Gasteiger charge is 2.22. The topological polar surface area (TPSA) is 72.0 Å². The highest BCUT2D eigenvalue weighted by Crippen LogP contribution is 2.23. The second-order valence-corrected chi connectivity index (χ2v) is 6.99. The average Bonchev–Trinajstić information content (AvgIpc) is 2.95. The molecule has 0 saturated heterocycles. The first-order valence-corrected chi connectivity index (χ1v) is 8.68. The molecular formula is C14H12FN3O2S2. The molecular weight excluding hydrogens is 325 g/mol. The van der Waals surface area contributed by atoms with Crippen LogP contribution >= 0.6 is 11.7 Å². The number of sulfonamides is 1. The number of hydrogen-bond acceptors (Lipinski definition) is 5. The Morgan fingerprint density at radius 2 is 1.86 bits per heavy atom. The van der Waals surface area contributed by atoms with Gasteiger partial charge in [0, 0.05) is 6.04 Å². The molecule has 2 aromatic carbocycles. The Morgan fingerprint density at radius 3 is 2.59 bits per heavy atom. The van der Waals surface area contributed by atoms with Crippen molar-refractivity contribution in [1.82, 2.24) is 13.5 Å². The Kier molecular flexibility index (Phi) is 3.90. The van der Waals surface area contributed by atoms with Gasteiger partial charge in [0.05, 0.1) is 11.7 Å². The summed E-state index contributed by atoms with van der Waals surface area (Å²) >= 11 is 0.966. The molecule has 0 aliphatic rings. The van der Waals surface area contributed by atoms with Gasteiger partial charge in [-0.25, -0.2) is 17.5 Å². The van der Waals surface area contributed by atoms with Gasteiger partial charge in [0.2, 0.25) is 10.0 Å². The Labute approximate surface area is 131 Å². The minimum absolute atomic E-state index is 0.0905. The molecule has 8 heteroatoms. The molecule has 1 N–H and O–H groups in total. The SMILES string of the molecule is CC(NS(=O)(=O)c1cccc2nsnc12)c1ccc(F)cc1. The van der Waals surface area contributed by atoms with Gasteiger partial charge in [0.25, 0.3) is 0 Å². The summed E-state index contributed by atoms with van der Waals surface area (Å²) in [5, 5.41) is 0. The van der Waals surface area contributed by atoms with E-state index in [4.69, 9.17) is 0 Å². The molecule has 0 bridgehead atoms. The maximum absolute atomic E-state index is 12.9.